The highest BCUT2D eigenvalue weighted by Crippen LogP contribution is 2.38. The van der Waals surface area contributed by atoms with Gasteiger partial charge in [-0.25, -0.2) is 24.5 Å². The fourth-order valence-electron chi connectivity index (χ4n) is 3.87. The lowest BCUT2D eigenvalue weighted by Gasteiger charge is -2.25. The van der Waals surface area contributed by atoms with E-state index in [2.05, 4.69) is 35.3 Å². The van der Waals surface area contributed by atoms with Crippen molar-refractivity contribution in [1.82, 2.24) is 29.6 Å². The molecule has 0 atom stereocenters. The number of urea groups is 1. The average Bonchev–Trinajstić information content (AvgIpc) is 3.32. The van der Waals surface area contributed by atoms with Crippen LogP contribution in [0.25, 0.3) is 32.6 Å². The van der Waals surface area contributed by atoms with Gasteiger partial charge in [0.2, 0.25) is 5.95 Å². The van der Waals surface area contributed by atoms with Gasteiger partial charge < -0.3 is 10.1 Å². The third-order valence-electron chi connectivity index (χ3n) is 5.75. The van der Waals surface area contributed by atoms with Crippen LogP contribution in [0, 0.1) is 6.92 Å². The predicted molar refractivity (Wildman–Crippen MR) is 146 cm³/mol. The molecule has 38 heavy (non-hydrogen) atoms. The molecule has 1 aromatic carbocycles. The van der Waals surface area contributed by atoms with Crippen molar-refractivity contribution in [3.05, 3.63) is 48.4 Å². The Morgan fingerprint density at radius 1 is 1.08 bits per heavy atom. The molecule has 0 aliphatic carbocycles. The van der Waals surface area contributed by atoms with Crippen LogP contribution in [0.4, 0.5) is 15.9 Å². The number of carbonyl (C=O) groups is 1. The Morgan fingerprint density at radius 3 is 2.53 bits per heavy atom. The maximum absolute atomic E-state index is 12.6. The number of anilines is 2. The quantitative estimate of drug-likeness (QED) is 0.315. The van der Waals surface area contributed by atoms with Crippen molar-refractivity contribution in [2.75, 3.05) is 42.9 Å². The molecule has 0 saturated carbocycles. The Hall–Kier alpha value is -3.72. The van der Waals surface area contributed by atoms with Crippen LogP contribution in [0.15, 0.2) is 42.9 Å². The van der Waals surface area contributed by atoms with Gasteiger partial charge in [0.1, 0.15) is 0 Å². The molecule has 3 N–H and O–H groups in total. The summed E-state index contributed by atoms with van der Waals surface area (Å²) in [6.07, 6.45) is 4.90. The van der Waals surface area contributed by atoms with Crippen molar-refractivity contribution in [3.63, 3.8) is 0 Å². The number of carbonyl (C=O) groups excluding carboxylic acids is 1. The standard InChI is InChI=1S/C24H26N8O4S2/c1-3-25-23(33)30-24-29-20-11-16(10-18(21(20)37-24)19-5-4-15(2)12-26-19)17-13-27-22(28-14-17)31-38(34,35)32-6-8-36-9-7-32/h4-5,10-14H,3,6-9H2,1-2H3,(H,27,28,31)(H2,25,29,30,33). The Balaban J connectivity index is 1.48. The monoisotopic (exact) mass is 554 g/mol. The van der Waals surface area contributed by atoms with Crippen LogP contribution >= 0.6 is 11.3 Å². The summed E-state index contributed by atoms with van der Waals surface area (Å²) in [7, 11) is -3.78. The number of nitrogens with zero attached hydrogens (tertiary/aromatic N) is 5. The van der Waals surface area contributed by atoms with E-state index in [1.807, 2.05) is 38.1 Å². The summed E-state index contributed by atoms with van der Waals surface area (Å²) in [6.45, 7) is 5.54. The molecule has 1 aliphatic rings. The van der Waals surface area contributed by atoms with Gasteiger partial charge >= 0.3 is 16.2 Å². The molecule has 0 bridgehead atoms. The number of ether oxygens (including phenoxy) is 1. The molecule has 0 spiro atoms. The van der Waals surface area contributed by atoms with E-state index < -0.39 is 10.2 Å². The van der Waals surface area contributed by atoms with Gasteiger partial charge in [-0.05, 0) is 43.2 Å². The molecule has 2 amide bonds. The molecule has 0 unspecified atom stereocenters. The number of rotatable bonds is 7. The third kappa shape index (κ3) is 5.72. The topological polar surface area (TPSA) is 151 Å². The van der Waals surface area contributed by atoms with Gasteiger partial charge in [-0.1, -0.05) is 17.4 Å². The number of morpholine rings is 1. The Kier molecular flexibility index (Phi) is 7.46. The Bertz CT molecular complexity index is 1550. The van der Waals surface area contributed by atoms with Crippen LogP contribution in [-0.4, -0.2) is 71.5 Å². The molecule has 1 saturated heterocycles. The van der Waals surface area contributed by atoms with Crippen molar-refractivity contribution < 1.29 is 17.9 Å². The maximum Gasteiger partial charge on any atom is 0.321 e. The first-order valence-corrected chi connectivity index (χ1v) is 14.2. The molecular formula is C24H26N8O4S2. The molecule has 198 valence electrons. The van der Waals surface area contributed by atoms with Gasteiger partial charge in [-0.15, -0.1) is 0 Å². The number of benzene rings is 1. The van der Waals surface area contributed by atoms with E-state index in [1.165, 1.54) is 15.6 Å². The van der Waals surface area contributed by atoms with Gasteiger partial charge in [0.15, 0.2) is 5.13 Å². The lowest BCUT2D eigenvalue weighted by Crippen LogP contribution is -2.43. The van der Waals surface area contributed by atoms with Crippen LogP contribution in [-0.2, 0) is 14.9 Å². The summed E-state index contributed by atoms with van der Waals surface area (Å²) in [5.74, 6) is -0.0242. The molecule has 1 aliphatic heterocycles. The van der Waals surface area contributed by atoms with Gasteiger partial charge in [0, 0.05) is 49.4 Å². The zero-order valence-corrected chi connectivity index (χ0v) is 22.4. The fraction of sp³-hybridized carbons (Fsp3) is 0.292. The van der Waals surface area contributed by atoms with Crippen LogP contribution in [0.1, 0.15) is 12.5 Å². The highest BCUT2D eigenvalue weighted by molar-refractivity contribution is 7.90. The minimum Gasteiger partial charge on any atom is -0.379 e. The largest absolute Gasteiger partial charge is 0.379 e. The van der Waals surface area contributed by atoms with Crippen molar-refractivity contribution in [1.29, 1.82) is 0 Å². The van der Waals surface area contributed by atoms with E-state index in [9.17, 15) is 13.2 Å². The number of amides is 2. The van der Waals surface area contributed by atoms with Crippen molar-refractivity contribution in [2.24, 2.45) is 0 Å². The van der Waals surface area contributed by atoms with Gasteiger partial charge in [-0.3, -0.25) is 10.3 Å². The molecule has 14 heteroatoms. The minimum atomic E-state index is -3.78. The number of hydrogen-bond acceptors (Lipinski definition) is 9. The second kappa shape index (κ2) is 10.9. The maximum atomic E-state index is 12.6. The van der Waals surface area contributed by atoms with E-state index in [0.717, 1.165) is 27.1 Å². The third-order valence-corrected chi connectivity index (χ3v) is 8.26. The lowest BCUT2D eigenvalue weighted by molar-refractivity contribution is 0.0733. The first-order chi connectivity index (χ1) is 18.3. The first kappa shape index (κ1) is 25.9. The zero-order valence-electron chi connectivity index (χ0n) is 20.8. The van der Waals surface area contributed by atoms with E-state index in [1.54, 1.807) is 18.6 Å². The number of thiazole rings is 1. The van der Waals surface area contributed by atoms with Crippen LogP contribution in [0.2, 0.25) is 0 Å². The first-order valence-electron chi connectivity index (χ1n) is 11.9. The van der Waals surface area contributed by atoms with E-state index in [0.29, 0.717) is 36.0 Å². The number of nitrogens with one attached hydrogen (secondary N) is 3. The molecule has 0 radical (unpaired) electrons. The summed E-state index contributed by atoms with van der Waals surface area (Å²) >= 11 is 1.36. The summed E-state index contributed by atoms with van der Waals surface area (Å²) in [4.78, 5) is 29.7. The summed E-state index contributed by atoms with van der Waals surface area (Å²) in [6, 6.07) is 7.43. The highest BCUT2D eigenvalue weighted by atomic mass is 32.2. The average molecular weight is 555 g/mol. The number of pyridine rings is 1. The minimum absolute atomic E-state index is 0.0242. The second-order valence-electron chi connectivity index (χ2n) is 8.51. The number of aryl methyl sites for hydroxylation is 1. The molecule has 4 heterocycles. The number of fused-ring (bicyclic) bond motifs is 1. The molecule has 5 rings (SSSR count). The van der Waals surface area contributed by atoms with E-state index in [-0.39, 0.29) is 25.1 Å². The summed E-state index contributed by atoms with van der Waals surface area (Å²) < 4.78 is 35.1. The summed E-state index contributed by atoms with van der Waals surface area (Å²) in [5, 5.41) is 5.93. The Labute approximate surface area is 223 Å². The SMILES string of the molecule is CCNC(=O)Nc1nc2cc(-c3cnc(NS(=O)(=O)N4CCOCC4)nc3)cc(-c3ccc(C)cn3)c2s1. The second-order valence-corrected chi connectivity index (χ2v) is 11.2. The molecule has 12 nitrogen and oxygen atoms in total. The Morgan fingerprint density at radius 2 is 1.84 bits per heavy atom. The van der Waals surface area contributed by atoms with E-state index >= 15 is 0 Å². The van der Waals surface area contributed by atoms with Crippen molar-refractivity contribution in [2.45, 2.75) is 13.8 Å². The molecule has 4 aromatic rings. The number of hydrogen-bond donors (Lipinski definition) is 3. The highest BCUT2D eigenvalue weighted by Gasteiger charge is 2.25. The normalized spacial score (nSPS) is 14.4. The van der Waals surface area contributed by atoms with Crippen LogP contribution in [0.5, 0.6) is 0 Å². The number of aromatic nitrogens is 4. The van der Waals surface area contributed by atoms with Crippen LogP contribution < -0.4 is 15.4 Å². The smallest absolute Gasteiger partial charge is 0.321 e. The summed E-state index contributed by atoms with van der Waals surface area (Å²) in [5.41, 5.74) is 4.75. The molecule has 1 fully saturated rings. The van der Waals surface area contributed by atoms with Gasteiger partial charge in [-0.2, -0.15) is 12.7 Å². The lowest BCUT2D eigenvalue weighted by atomic mass is 10.0. The predicted octanol–water partition coefficient (Wildman–Crippen LogP) is 3.25. The van der Waals surface area contributed by atoms with Crippen molar-refractivity contribution in [3.8, 4) is 22.4 Å². The van der Waals surface area contributed by atoms with E-state index in [4.69, 9.17) is 4.74 Å². The van der Waals surface area contributed by atoms with Crippen molar-refractivity contribution >= 4 is 48.9 Å². The fourth-order valence-corrected chi connectivity index (χ4v) is 5.93. The van der Waals surface area contributed by atoms with Gasteiger partial charge in [0.25, 0.3) is 0 Å². The zero-order chi connectivity index (χ0) is 26.7. The van der Waals surface area contributed by atoms with Crippen LogP contribution in [0.3, 0.4) is 0 Å². The molecule has 3 aromatic heterocycles. The van der Waals surface area contributed by atoms with Gasteiger partial charge in [0.05, 0.1) is 29.1 Å². The molecular weight excluding hydrogens is 528 g/mol.